The Morgan fingerprint density at radius 3 is 2.58 bits per heavy atom. The van der Waals surface area contributed by atoms with Crippen molar-refractivity contribution >= 4 is 6.08 Å². The molecule has 0 radical (unpaired) electrons. The molecule has 0 bridgehead atoms. The minimum absolute atomic E-state index is 0.00346. The summed E-state index contributed by atoms with van der Waals surface area (Å²) in [6.45, 7) is 7.28. The zero-order valence-corrected chi connectivity index (χ0v) is 16.7. The van der Waals surface area contributed by atoms with Crippen molar-refractivity contribution in [1.82, 2.24) is 0 Å². The lowest BCUT2D eigenvalue weighted by atomic mass is 9.91. The first-order valence-corrected chi connectivity index (χ1v) is 10.3. The van der Waals surface area contributed by atoms with Crippen LogP contribution in [0.3, 0.4) is 0 Å². The fourth-order valence-electron chi connectivity index (χ4n) is 3.93. The van der Waals surface area contributed by atoms with Crippen molar-refractivity contribution in [3.8, 4) is 0 Å². The van der Waals surface area contributed by atoms with Gasteiger partial charge in [0.25, 0.3) is 0 Å². The van der Waals surface area contributed by atoms with Crippen molar-refractivity contribution < 1.29 is 4.74 Å². The SMILES string of the molecule is CC(C)(C)OCCCCCCC1=CC(CC2C=Cc3ccccc32)C=C1. The highest BCUT2D eigenvalue weighted by molar-refractivity contribution is 5.62. The molecule has 0 saturated heterocycles. The molecule has 0 aliphatic heterocycles. The molecule has 0 amide bonds. The monoisotopic (exact) mass is 350 g/mol. The molecule has 1 aromatic carbocycles. The van der Waals surface area contributed by atoms with Crippen LogP contribution in [0.2, 0.25) is 0 Å². The number of fused-ring (bicyclic) bond motifs is 1. The second-order valence-electron chi connectivity index (χ2n) is 8.72. The summed E-state index contributed by atoms with van der Waals surface area (Å²) in [6, 6.07) is 8.81. The number of unbranched alkanes of at least 4 members (excludes halogenated alkanes) is 3. The zero-order valence-electron chi connectivity index (χ0n) is 16.7. The second-order valence-corrected chi connectivity index (χ2v) is 8.72. The van der Waals surface area contributed by atoms with Crippen LogP contribution in [0.25, 0.3) is 6.08 Å². The lowest BCUT2D eigenvalue weighted by molar-refractivity contribution is -0.00473. The van der Waals surface area contributed by atoms with E-state index in [2.05, 4.69) is 75.4 Å². The first-order chi connectivity index (χ1) is 12.5. The third-order valence-electron chi connectivity index (χ3n) is 5.31. The van der Waals surface area contributed by atoms with E-state index >= 15 is 0 Å². The van der Waals surface area contributed by atoms with Crippen LogP contribution in [0.15, 0.2) is 54.1 Å². The highest BCUT2D eigenvalue weighted by Gasteiger charge is 2.20. The third kappa shape index (κ3) is 5.71. The Bertz CT molecular complexity index is 672. The van der Waals surface area contributed by atoms with Gasteiger partial charge < -0.3 is 4.74 Å². The molecule has 0 N–H and O–H groups in total. The highest BCUT2D eigenvalue weighted by atomic mass is 16.5. The summed E-state index contributed by atoms with van der Waals surface area (Å²) in [5, 5.41) is 0. The standard InChI is InChI=1S/C25H34O/c1-25(2,3)26-17-9-5-4-6-10-20-13-14-21(18-20)19-23-16-15-22-11-7-8-12-24(22)23/h7-8,11-16,18,21,23H,4-6,9-10,17,19H2,1-3H3. The van der Waals surface area contributed by atoms with Gasteiger partial charge in [-0.3, -0.25) is 0 Å². The molecule has 2 aliphatic carbocycles. The molecule has 3 rings (SSSR count). The van der Waals surface area contributed by atoms with E-state index in [0.29, 0.717) is 11.8 Å². The van der Waals surface area contributed by atoms with Gasteiger partial charge in [0.15, 0.2) is 0 Å². The number of benzene rings is 1. The fourth-order valence-corrected chi connectivity index (χ4v) is 3.93. The van der Waals surface area contributed by atoms with Crippen LogP contribution < -0.4 is 0 Å². The summed E-state index contributed by atoms with van der Waals surface area (Å²) in [5.74, 6) is 1.19. The molecule has 2 atom stereocenters. The van der Waals surface area contributed by atoms with E-state index in [9.17, 15) is 0 Å². The van der Waals surface area contributed by atoms with Gasteiger partial charge in [0.2, 0.25) is 0 Å². The maximum Gasteiger partial charge on any atom is 0.0598 e. The molecule has 0 fully saturated rings. The van der Waals surface area contributed by atoms with Crippen LogP contribution in [0, 0.1) is 5.92 Å². The lowest BCUT2D eigenvalue weighted by Gasteiger charge is -2.19. The predicted molar refractivity (Wildman–Crippen MR) is 112 cm³/mol. The van der Waals surface area contributed by atoms with Gasteiger partial charge in [-0.25, -0.2) is 0 Å². The molecular formula is C25H34O. The summed E-state index contributed by atoms with van der Waals surface area (Å²) < 4.78 is 5.78. The van der Waals surface area contributed by atoms with E-state index in [-0.39, 0.29) is 5.60 Å². The van der Waals surface area contributed by atoms with Crippen molar-refractivity contribution in [2.75, 3.05) is 6.61 Å². The largest absolute Gasteiger partial charge is 0.376 e. The second kappa shape index (κ2) is 8.86. The molecule has 1 nitrogen and oxygen atoms in total. The van der Waals surface area contributed by atoms with E-state index in [4.69, 9.17) is 4.74 Å². The lowest BCUT2D eigenvalue weighted by Crippen LogP contribution is -2.19. The highest BCUT2D eigenvalue weighted by Crippen LogP contribution is 2.37. The molecule has 1 aromatic rings. The average molecular weight is 351 g/mol. The minimum atomic E-state index is 0.00346. The maximum absolute atomic E-state index is 5.78. The van der Waals surface area contributed by atoms with Gasteiger partial charge in [0.05, 0.1) is 5.60 Å². The predicted octanol–water partition coefficient (Wildman–Crippen LogP) is 7.07. The Morgan fingerprint density at radius 2 is 1.73 bits per heavy atom. The summed E-state index contributed by atoms with van der Waals surface area (Å²) in [5.41, 5.74) is 4.44. The Hall–Kier alpha value is -1.60. The van der Waals surface area contributed by atoms with Crippen molar-refractivity contribution in [3.63, 3.8) is 0 Å². The van der Waals surface area contributed by atoms with E-state index in [1.807, 2.05) is 0 Å². The molecular weight excluding hydrogens is 316 g/mol. The third-order valence-corrected chi connectivity index (χ3v) is 5.31. The van der Waals surface area contributed by atoms with Gasteiger partial charge in [0.1, 0.15) is 0 Å². The van der Waals surface area contributed by atoms with Crippen LogP contribution in [-0.4, -0.2) is 12.2 Å². The van der Waals surface area contributed by atoms with Gasteiger partial charge in [0, 0.05) is 12.5 Å². The van der Waals surface area contributed by atoms with Crippen LogP contribution in [0.4, 0.5) is 0 Å². The number of hydrogen-bond donors (Lipinski definition) is 0. The summed E-state index contributed by atoms with van der Waals surface area (Å²) >= 11 is 0. The first kappa shape index (κ1) is 19.2. The molecule has 2 aliphatic rings. The number of hydrogen-bond acceptors (Lipinski definition) is 1. The zero-order chi connectivity index (χ0) is 18.4. The topological polar surface area (TPSA) is 9.23 Å². The Kier molecular flexibility index (Phi) is 6.53. The molecule has 2 unspecified atom stereocenters. The van der Waals surface area contributed by atoms with E-state index in [1.54, 1.807) is 0 Å². The molecule has 0 heterocycles. The maximum atomic E-state index is 5.78. The van der Waals surface area contributed by atoms with E-state index in [1.165, 1.54) is 55.2 Å². The molecule has 140 valence electrons. The van der Waals surface area contributed by atoms with Crippen molar-refractivity contribution in [2.24, 2.45) is 5.92 Å². The fraction of sp³-hybridized carbons (Fsp3) is 0.520. The Morgan fingerprint density at radius 1 is 0.923 bits per heavy atom. The van der Waals surface area contributed by atoms with Gasteiger partial charge in [-0.05, 0) is 63.5 Å². The molecule has 0 spiro atoms. The summed E-state index contributed by atoms with van der Waals surface area (Å²) in [6.07, 6.45) is 19.4. The van der Waals surface area contributed by atoms with Crippen LogP contribution in [-0.2, 0) is 4.74 Å². The van der Waals surface area contributed by atoms with E-state index in [0.717, 1.165) is 6.61 Å². The summed E-state index contributed by atoms with van der Waals surface area (Å²) in [4.78, 5) is 0. The minimum Gasteiger partial charge on any atom is -0.376 e. The average Bonchev–Trinajstić information content (AvgIpc) is 3.21. The Labute approximate surface area is 159 Å². The van der Waals surface area contributed by atoms with Gasteiger partial charge in [-0.15, -0.1) is 0 Å². The van der Waals surface area contributed by atoms with Crippen LogP contribution in [0.5, 0.6) is 0 Å². The molecule has 26 heavy (non-hydrogen) atoms. The van der Waals surface area contributed by atoms with Crippen molar-refractivity contribution in [1.29, 1.82) is 0 Å². The number of ether oxygens (including phenoxy) is 1. The smallest absolute Gasteiger partial charge is 0.0598 e. The van der Waals surface area contributed by atoms with Gasteiger partial charge in [-0.2, -0.15) is 0 Å². The number of allylic oxidation sites excluding steroid dienone is 5. The molecule has 1 heteroatoms. The normalized spacial score (nSPS) is 21.3. The summed E-state index contributed by atoms with van der Waals surface area (Å²) in [7, 11) is 0. The Balaban J connectivity index is 1.33. The van der Waals surface area contributed by atoms with Crippen molar-refractivity contribution in [2.45, 2.75) is 70.8 Å². The molecule has 0 saturated carbocycles. The van der Waals surface area contributed by atoms with Crippen LogP contribution in [0.1, 0.15) is 76.3 Å². The van der Waals surface area contributed by atoms with Crippen LogP contribution >= 0.6 is 0 Å². The molecule has 0 aromatic heterocycles. The quantitative estimate of drug-likeness (QED) is 0.433. The van der Waals surface area contributed by atoms with Crippen molar-refractivity contribution in [3.05, 3.63) is 65.3 Å². The van der Waals surface area contributed by atoms with Gasteiger partial charge >= 0.3 is 0 Å². The first-order valence-electron chi connectivity index (χ1n) is 10.3. The van der Waals surface area contributed by atoms with Gasteiger partial charge in [-0.1, -0.05) is 73.1 Å². The van der Waals surface area contributed by atoms with E-state index < -0.39 is 0 Å². The number of rotatable bonds is 9.